The van der Waals surface area contributed by atoms with Crippen molar-refractivity contribution < 1.29 is 0 Å². The fraction of sp³-hybridized carbons (Fsp3) is 0.333. The molecule has 1 aliphatic rings. The van der Waals surface area contributed by atoms with Gasteiger partial charge in [-0.25, -0.2) is 5.01 Å². The highest BCUT2D eigenvalue weighted by Gasteiger charge is 2.14. The number of hydrogen-bond acceptors (Lipinski definition) is 3. The van der Waals surface area contributed by atoms with Gasteiger partial charge >= 0.3 is 0 Å². The zero-order chi connectivity index (χ0) is 11.1. The van der Waals surface area contributed by atoms with E-state index in [0.717, 1.165) is 26.1 Å². The molecule has 1 N–H and O–H groups in total. The zero-order valence-corrected chi connectivity index (χ0v) is 9.15. The van der Waals surface area contributed by atoms with Crippen LogP contribution in [0.15, 0.2) is 49.7 Å². The molecule has 0 aromatic heterocycles. The number of hydrogen-bond donors (Lipinski definition) is 1. The molecular formula is C12H19N3. The maximum absolute atomic E-state index is 3.76. The molecule has 0 bridgehead atoms. The second kappa shape index (κ2) is 6.22. The zero-order valence-electron chi connectivity index (χ0n) is 9.15. The van der Waals surface area contributed by atoms with Crippen LogP contribution in [0.25, 0.3) is 0 Å². The van der Waals surface area contributed by atoms with Crippen LogP contribution < -0.4 is 5.53 Å². The van der Waals surface area contributed by atoms with Crippen molar-refractivity contribution in [3.8, 4) is 0 Å². The molecule has 3 heteroatoms. The van der Waals surface area contributed by atoms with E-state index < -0.39 is 0 Å². The fourth-order valence-electron chi connectivity index (χ4n) is 1.55. The average Bonchev–Trinajstić information content (AvgIpc) is 2.19. The summed E-state index contributed by atoms with van der Waals surface area (Å²) in [5.74, 6) is 0. The summed E-state index contributed by atoms with van der Waals surface area (Å²) < 4.78 is 0. The monoisotopic (exact) mass is 205 g/mol. The van der Waals surface area contributed by atoms with Crippen molar-refractivity contribution in [3.05, 3.63) is 49.7 Å². The highest BCUT2D eigenvalue weighted by molar-refractivity contribution is 5.10. The SMILES string of the molecule is C=CCC1=CN(CC=C)NN(CC=C)C1. The van der Waals surface area contributed by atoms with Gasteiger partial charge in [-0.2, -0.15) is 5.53 Å². The molecule has 3 nitrogen and oxygen atoms in total. The topological polar surface area (TPSA) is 18.5 Å². The second-order valence-corrected chi connectivity index (χ2v) is 3.49. The first-order chi connectivity index (χ1) is 7.30. The van der Waals surface area contributed by atoms with E-state index in [-0.39, 0.29) is 0 Å². The fourth-order valence-corrected chi connectivity index (χ4v) is 1.55. The van der Waals surface area contributed by atoms with Gasteiger partial charge in [0.15, 0.2) is 0 Å². The van der Waals surface area contributed by atoms with Gasteiger partial charge in [-0.05, 0) is 12.0 Å². The van der Waals surface area contributed by atoms with E-state index in [9.17, 15) is 0 Å². The lowest BCUT2D eigenvalue weighted by Gasteiger charge is -2.35. The number of allylic oxidation sites excluding steroid dienone is 1. The maximum Gasteiger partial charge on any atom is 0.0529 e. The molecule has 0 aliphatic carbocycles. The lowest BCUT2D eigenvalue weighted by Crippen LogP contribution is -2.51. The molecule has 0 saturated carbocycles. The minimum Gasteiger partial charge on any atom is -0.298 e. The van der Waals surface area contributed by atoms with Crippen LogP contribution in [0, 0.1) is 0 Å². The lowest BCUT2D eigenvalue weighted by atomic mass is 10.2. The minimum atomic E-state index is 0.786. The van der Waals surface area contributed by atoms with Crippen LogP contribution in [-0.2, 0) is 0 Å². The molecule has 0 spiro atoms. The normalized spacial score (nSPS) is 17.1. The Morgan fingerprint density at radius 1 is 1.20 bits per heavy atom. The Bertz CT molecular complexity index is 268. The van der Waals surface area contributed by atoms with Gasteiger partial charge < -0.3 is 0 Å². The van der Waals surface area contributed by atoms with E-state index in [1.165, 1.54) is 5.57 Å². The molecule has 0 fully saturated rings. The molecule has 82 valence electrons. The van der Waals surface area contributed by atoms with E-state index in [2.05, 4.69) is 36.5 Å². The number of rotatable bonds is 6. The maximum atomic E-state index is 3.76. The number of nitrogens with zero attached hydrogens (tertiary/aromatic N) is 2. The first kappa shape index (κ1) is 11.8. The van der Waals surface area contributed by atoms with Crippen LogP contribution in [0.5, 0.6) is 0 Å². The molecule has 0 amide bonds. The molecule has 0 aromatic carbocycles. The summed E-state index contributed by atoms with van der Waals surface area (Å²) >= 11 is 0. The van der Waals surface area contributed by atoms with Crippen molar-refractivity contribution in [2.45, 2.75) is 6.42 Å². The van der Waals surface area contributed by atoms with Crippen molar-refractivity contribution in [2.24, 2.45) is 0 Å². The van der Waals surface area contributed by atoms with Gasteiger partial charge in [0.1, 0.15) is 0 Å². The van der Waals surface area contributed by atoms with Crippen molar-refractivity contribution in [1.82, 2.24) is 15.6 Å². The Morgan fingerprint density at radius 2 is 1.93 bits per heavy atom. The van der Waals surface area contributed by atoms with E-state index in [4.69, 9.17) is 0 Å². The summed E-state index contributed by atoms with van der Waals surface area (Å²) in [5, 5.41) is 4.12. The summed E-state index contributed by atoms with van der Waals surface area (Å²) in [5.41, 5.74) is 4.60. The third kappa shape index (κ3) is 3.73. The van der Waals surface area contributed by atoms with Gasteiger partial charge in [0.2, 0.25) is 0 Å². The summed E-state index contributed by atoms with van der Waals surface area (Å²) in [7, 11) is 0. The molecule has 0 aromatic rings. The smallest absolute Gasteiger partial charge is 0.0529 e. The van der Waals surface area contributed by atoms with Crippen molar-refractivity contribution >= 4 is 0 Å². The highest BCUT2D eigenvalue weighted by atomic mass is 15.8. The third-order valence-electron chi connectivity index (χ3n) is 2.08. The standard InChI is InChI=1S/C12H19N3/c1-4-7-12-10-14(8-5-2)13-15(11-12)9-6-3/h4-6,10,13H,1-3,7-9,11H2. The average molecular weight is 205 g/mol. The molecule has 1 heterocycles. The summed E-state index contributed by atoms with van der Waals surface area (Å²) in [6.07, 6.45) is 8.71. The van der Waals surface area contributed by atoms with Crippen molar-refractivity contribution in [3.63, 3.8) is 0 Å². The predicted octanol–water partition coefficient (Wildman–Crippen LogP) is 1.86. The summed E-state index contributed by atoms with van der Waals surface area (Å²) in [6, 6.07) is 0. The predicted molar refractivity (Wildman–Crippen MR) is 64.7 cm³/mol. The Kier molecular flexibility index (Phi) is 4.87. The van der Waals surface area contributed by atoms with E-state index >= 15 is 0 Å². The van der Waals surface area contributed by atoms with Crippen molar-refractivity contribution in [1.29, 1.82) is 0 Å². The van der Waals surface area contributed by atoms with Crippen LogP contribution in [-0.4, -0.2) is 29.7 Å². The Hall–Kier alpha value is -1.32. The molecule has 0 saturated heterocycles. The van der Waals surface area contributed by atoms with Gasteiger partial charge in [0.25, 0.3) is 0 Å². The Morgan fingerprint density at radius 3 is 2.53 bits per heavy atom. The van der Waals surface area contributed by atoms with Crippen LogP contribution in [0.4, 0.5) is 0 Å². The van der Waals surface area contributed by atoms with Gasteiger partial charge in [-0.3, -0.25) is 5.01 Å². The Labute approximate surface area is 92.0 Å². The highest BCUT2D eigenvalue weighted by Crippen LogP contribution is 2.10. The van der Waals surface area contributed by atoms with Crippen LogP contribution in [0.1, 0.15) is 6.42 Å². The van der Waals surface area contributed by atoms with Crippen LogP contribution in [0.3, 0.4) is 0 Å². The summed E-state index contributed by atoms with van der Waals surface area (Å²) in [6.45, 7) is 13.7. The number of nitrogens with one attached hydrogen (secondary N) is 1. The van der Waals surface area contributed by atoms with Crippen LogP contribution >= 0.6 is 0 Å². The first-order valence-corrected chi connectivity index (χ1v) is 5.10. The van der Waals surface area contributed by atoms with E-state index in [1.807, 2.05) is 23.2 Å². The van der Waals surface area contributed by atoms with Gasteiger partial charge in [-0.15, -0.1) is 19.7 Å². The molecule has 0 unspecified atom stereocenters. The van der Waals surface area contributed by atoms with Crippen LogP contribution in [0.2, 0.25) is 0 Å². The van der Waals surface area contributed by atoms with E-state index in [1.54, 1.807) is 0 Å². The third-order valence-corrected chi connectivity index (χ3v) is 2.08. The van der Waals surface area contributed by atoms with E-state index in [0.29, 0.717) is 0 Å². The number of hydrazine groups is 2. The first-order valence-electron chi connectivity index (χ1n) is 5.10. The molecule has 15 heavy (non-hydrogen) atoms. The molecule has 0 atom stereocenters. The summed E-state index contributed by atoms with van der Waals surface area (Å²) in [4.78, 5) is 0. The molecule has 1 aliphatic heterocycles. The quantitative estimate of drug-likeness (QED) is 0.668. The molecular weight excluding hydrogens is 186 g/mol. The van der Waals surface area contributed by atoms with Gasteiger partial charge in [0.05, 0.1) is 6.54 Å². The minimum absolute atomic E-state index is 0.786. The molecule has 0 radical (unpaired) electrons. The van der Waals surface area contributed by atoms with Crippen molar-refractivity contribution in [2.75, 3.05) is 19.6 Å². The second-order valence-electron chi connectivity index (χ2n) is 3.49. The van der Waals surface area contributed by atoms with Gasteiger partial charge in [0, 0.05) is 19.3 Å². The lowest BCUT2D eigenvalue weighted by molar-refractivity contribution is 0.0681. The Balaban J connectivity index is 2.64. The molecule has 1 rings (SSSR count). The van der Waals surface area contributed by atoms with Gasteiger partial charge in [-0.1, -0.05) is 18.2 Å². The largest absolute Gasteiger partial charge is 0.298 e.